The van der Waals surface area contributed by atoms with Gasteiger partial charge in [-0.1, -0.05) is 19.1 Å². The lowest BCUT2D eigenvalue weighted by atomic mass is 9.86. The van der Waals surface area contributed by atoms with Crippen LogP contribution in [-0.4, -0.2) is 72.9 Å². The summed E-state index contributed by atoms with van der Waals surface area (Å²) in [5, 5.41) is 0. The number of Topliss-reactive ketones (excluding diaryl/α,β-unsaturated/α-hetero) is 1. The van der Waals surface area contributed by atoms with Gasteiger partial charge in [-0.2, -0.15) is 0 Å². The summed E-state index contributed by atoms with van der Waals surface area (Å²) in [5.41, 5.74) is 1.91. The molecule has 0 unspecified atom stereocenters. The van der Waals surface area contributed by atoms with E-state index in [0.717, 1.165) is 45.3 Å². The van der Waals surface area contributed by atoms with Crippen LogP contribution in [0.15, 0.2) is 23.3 Å². The quantitative estimate of drug-likeness (QED) is 0.236. The summed E-state index contributed by atoms with van der Waals surface area (Å²) in [5.74, 6) is -3.69. The lowest BCUT2D eigenvalue weighted by molar-refractivity contribution is -0.299. The molecule has 3 rings (SSSR count). The van der Waals surface area contributed by atoms with Crippen LogP contribution in [0, 0.1) is 17.8 Å². The van der Waals surface area contributed by atoms with Crippen LogP contribution >= 0.6 is 0 Å². The summed E-state index contributed by atoms with van der Waals surface area (Å²) in [7, 11) is 0. The van der Waals surface area contributed by atoms with Crippen molar-refractivity contribution >= 4 is 35.6 Å². The van der Waals surface area contributed by atoms with E-state index >= 15 is 0 Å². The molecule has 0 spiro atoms. The molecule has 12 nitrogen and oxygen atoms in total. The number of carbonyl (C=O) groups excluding carboxylic acids is 6. The number of hydrogen-bond donors (Lipinski definition) is 0. The van der Waals surface area contributed by atoms with Crippen LogP contribution in [0.3, 0.4) is 0 Å². The zero-order valence-electron chi connectivity index (χ0n) is 24.3. The molecule has 0 amide bonds. The second kappa shape index (κ2) is 13.4. The van der Waals surface area contributed by atoms with Crippen LogP contribution < -0.4 is 0 Å². The third-order valence-electron chi connectivity index (χ3n) is 7.80. The third kappa shape index (κ3) is 7.81. The Kier molecular flexibility index (Phi) is 10.5. The van der Waals surface area contributed by atoms with Gasteiger partial charge in [0, 0.05) is 39.7 Å². The smallest absolute Gasteiger partial charge is 0.336 e. The maximum Gasteiger partial charge on any atom is 0.336 e. The first-order chi connectivity index (χ1) is 19.2. The van der Waals surface area contributed by atoms with Gasteiger partial charge in [-0.15, -0.1) is 0 Å². The SMILES string of the molecule is C=C(C(=O)O[C@H]1O[C@H](COC(C)=O)[C@@H](OC(C)=O)[C@H](OC(C)=O)[C@@H]1OC(C)=O)[C@H]1CC[C@@H](C)[C@H]2CC(=O)C(C)=C2C1. The molecule has 41 heavy (non-hydrogen) atoms. The van der Waals surface area contributed by atoms with E-state index in [1.165, 1.54) is 0 Å². The van der Waals surface area contributed by atoms with Crippen molar-refractivity contribution in [3.05, 3.63) is 23.3 Å². The fourth-order valence-corrected chi connectivity index (χ4v) is 5.74. The van der Waals surface area contributed by atoms with Crippen molar-refractivity contribution in [1.82, 2.24) is 0 Å². The van der Waals surface area contributed by atoms with Gasteiger partial charge in [0.05, 0.1) is 0 Å². The lowest BCUT2D eigenvalue weighted by Crippen LogP contribution is -2.63. The number of allylic oxidation sites excluding steroid dienone is 2. The average molecular weight is 579 g/mol. The topological polar surface area (TPSA) is 158 Å². The highest BCUT2D eigenvalue weighted by Crippen LogP contribution is 2.45. The first-order valence-corrected chi connectivity index (χ1v) is 13.6. The largest absolute Gasteiger partial charge is 0.463 e. The summed E-state index contributed by atoms with van der Waals surface area (Å²) < 4.78 is 32.6. The standard InChI is InChI=1S/C29H38O12/c1-13-8-9-20(10-22-15(3)23(34)11-21(13)22)14(2)28(35)41-29-27(39-19(7)33)26(38-18(6)32)25(37-17(5)31)24(40-29)12-36-16(4)30/h13,20-21,24-27,29H,2,8-12H2,1,3-7H3/t13-,20+,21-,24-,25-,26+,27+,29-/m1/s1. The zero-order valence-corrected chi connectivity index (χ0v) is 24.3. The van der Waals surface area contributed by atoms with E-state index in [9.17, 15) is 28.8 Å². The van der Waals surface area contributed by atoms with E-state index < -0.39 is 67.2 Å². The summed E-state index contributed by atoms with van der Waals surface area (Å²) in [6.45, 7) is 11.9. The first-order valence-electron chi connectivity index (χ1n) is 13.6. The summed E-state index contributed by atoms with van der Waals surface area (Å²) >= 11 is 0. The molecule has 0 aromatic carbocycles. The monoisotopic (exact) mass is 578 g/mol. The first kappa shape index (κ1) is 32.0. The second-order valence-corrected chi connectivity index (χ2v) is 10.8. The molecule has 1 saturated heterocycles. The Balaban J connectivity index is 1.89. The van der Waals surface area contributed by atoms with Gasteiger partial charge in [0.15, 0.2) is 18.0 Å². The average Bonchev–Trinajstić information content (AvgIpc) is 3.04. The highest BCUT2D eigenvalue weighted by atomic mass is 16.7. The van der Waals surface area contributed by atoms with E-state index in [-0.39, 0.29) is 29.1 Å². The minimum Gasteiger partial charge on any atom is -0.463 e. The number of ketones is 1. The van der Waals surface area contributed by atoms with Crippen LogP contribution in [0.25, 0.3) is 0 Å². The molecule has 12 heteroatoms. The normalized spacial score (nSPS) is 31.3. The zero-order chi connectivity index (χ0) is 30.6. The van der Waals surface area contributed by atoms with Crippen LogP contribution in [0.2, 0.25) is 0 Å². The molecule has 2 fully saturated rings. The molecule has 8 atom stereocenters. The molecule has 1 aliphatic heterocycles. The Labute approximate surface area is 238 Å². The van der Waals surface area contributed by atoms with Crippen molar-refractivity contribution in [1.29, 1.82) is 0 Å². The van der Waals surface area contributed by atoms with Gasteiger partial charge in [0.2, 0.25) is 12.4 Å². The van der Waals surface area contributed by atoms with Crippen LogP contribution in [0.1, 0.15) is 67.2 Å². The molecule has 226 valence electrons. The van der Waals surface area contributed by atoms with Crippen molar-refractivity contribution in [3.63, 3.8) is 0 Å². The van der Waals surface area contributed by atoms with Crippen molar-refractivity contribution in [2.45, 2.75) is 97.9 Å². The molecule has 0 aromatic rings. The van der Waals surface area contributed by atoms with Gasteiger partial charge in [0.25, 0.3) is 0 Å². The Morgan fingerprint density at radius 3 is 2.00 bits per heavy atom. The number of hydrogen-bond acceptors (Lipinski definition) is 12. The highest BCUT2D eigenvalue weighted by Gasteiger charge is 2.54. The molecular formula is C29H38O12. The molecular weight excluding hydrogens is 540 g/mol. The van der Waals surface area contributed by atoms with Crippen LogP contribution in [0.5, 0.6) is 0 Å². The number of rotatable bonds is 8. The maximum absolute atomic E-state index is 13.4. The predicted octanol–water partition coefficient (Wildman–Crippen LogP) is 2.51. The molecule has 3 aliphatic rings. The second-order valence-electron chi connectivity index (χ2n) is 10.8. The van der Waals surface area contributed by atoms with Gasteiger partial charge in [-0.3, -0.25) is 24.0 Å². The minimum absolute atomic E-state index is 0.114. The van der Waals surface area contributed by atoms with E-state index in [1.54, 1.807) is 0 Å². The fraction of sp³-hybridized carbons (Fsp3) is 0.655. The van der Waals surface area contributed by atoms with Gasteiger partial charge < -0.3 is 28.4 Å². The Morgan fingerprint density at radius 1 is 0.829 bits per heavy atom. The third-order valence-corrected chi connectivity index (χ3v) is 7.80. The highest BCUT2D eigenvalue weighted by molar-refractivity contribution is 5.98. The summed E-state index contributed by atoms with van der Waals surface area (Å²) in [4.78, 5) is 73.3. The lowest BCUT2D eigenvalue weighted by Gasteiger charge is -2.43. The number of carbonyl (C=O) groups is 6. The van der Waals surface area contributed by atoms with Crippen molar-refractivity contribution < 1.29 is 57.2 Å². The van der Waals surface area contributed by atoms with E-state index in [4.69, 9.17) is 28.4 Å². The maximum atomic E-state index is 13.4. The molecule has 1 heterocycles. The number of ether oxygens (including phenoxy) is 6. The molecule has 0 aromatic heterocycles. The van der Waals surface area contributed by atoms with Gasteiger partial charge in [-0.25, -0.2) is 4.79 Å². The van der Waals surface area contributed by atoms with E-state index in [2.05, 4.69) is 13.5 Å². The number of esters is 5. The van der Waals surface area contributed by atoms with Gasteiger partial charge in [-0.05, 0) is 49.5 Å². The fourth-order valence-electron chi connectivity index (χ4n) is 5.74. The molecule has 1 saturated carbocycles. The van der Waals surface area contributed by atoms with Crippen LogP contribution in [-0.2, 0) is 57.2 Å². The minimum atomic E-state index is -1.63. The van der Waals surface area contributed by atoms with Gasteiger partial charge in [0.1, 0.15) is 12.7 Å². The van der Waals surface area contributed by atoms with Gasteiger partial charge >= 0.3 is 29.8 Å². The van der Waals surface area contributed by atoms with Crippen molar-refractivity contribution in [2.75, 3.05) is 6.61 Å². The molecule has 0 bridgehead atoms. The number of fused-ring (bicyclic) bond motifs is 1. The summed E-state index contributed by atoms with van der Waals surface area (Å²) in [6.07, 6.45) is -4.85. The Bertz CT molecular complexity index is 1140. The van der Waals surface area contributed by atoms with Crippen LogP contribution in [0.4, 0.5) is 0 Å². The Hall–Kier alpha value is -3.54. The van der Waals surface area contributed by atoms with Crippen molar-refractivity contribution in [3.8, 4) is 0 Å². The molecule has 0 N–H and O–H groups in total. The molecule has 0 radical (unpaired) electrons. The predicted molar refractivity (Wildman–Crippen MR) is 140 cm³/mol. The summed E-state index contributed by atoms with van der Waals surface area (Å²) in [6, 6.07) is 0. The van der Waals surface area contributed by atoms with E-state index in [1.807, 2.05) is 6.92 Å². The van der Waals surface area contributed by atoms with Crippen molar-refractivity contribution in [2.24, 2.45) is 17.8 Å². The van der Waals surface area contributed by atoms with E-state index in [0.29, 0.717) is 19.3 Å². The molecule has 2 aliphatic carbocycles. The Morgan fingerprint density at radius 2 is 1.41 bits per heavy atom.